The van der Waals surface area contributed by atoms with Crippen LogP contribution in [0.5, 0.6) is 0 Å². The molecule has 150 valence electrons. The summed E-state index contributed by atoms with van der Waals surface area (Å²) in [6.07, 6.45) is 6.89. The highest BCUT2D eigenvalue weighted by molar-refractivity contribution is 7.93. The van der Waals surface area contributed by atoms with Gasteiger partial charge in [-0.3, -0.25) is 4.98 Å². The van der Waals surface area contributed by atoms with E-state index in [1.165, 1.54) is 6.20 Å². The van der Waals surface area contributed by atoms with E-state index in [1.54, 1.807) is 13.8 Å². The number of thiazole rings is 1. The lowest BCUT2D eigenvalue weighted by Crippen LogP contribution is -2.18. The van der Waals surface area contributed by atoms with Crippen molar-refractivity contribution >= 4 is 33.0 Å². The van der Waals surface area contributed by atoms with Crippen LogP contribution >= 0.6 is 11.3 Å². The summed E-state index contributed by atoms with van der Waals surface area (Å²) in [5.41, 5.74) is 3.81. The van der Waals surface area contributed by atoms with Gasteiger partial charge in [-0.1, -0.05) is 0 Å². The van der Waals surface area contributed by atoms with Crippen LogP contribution in [-0.2, 0) is 41.2 Å². The molecule has 0 spiro atoms. The van der Waals surface area contributed by atoms with Crippen molar-refractivity contribution in [1.29, 1.82) is 0 Å². The average Bonchev–Trinajstić information content (AvgIpc) is 3.33. The lowest BCUT2D eigenvalue weighted by atomic mass is 10.1. The van der Waals surface area contributed by atoms with Crippen LogP contribution in [0.4, 0.5) is 10.5 Å². The molecule has 4 N–H and O–H groups in total. The number of anilines is 1. The first kappa shape index (κ1) is 19.4. The first-order valence-electron chi connectivity index (χ1n) is 9.23. The molecule has 0 fully saturated rings. The Labute approximate surface area is 167 Å². The fourth-order valence-corrected chi connectivity index (χ4v) is 5.78. The third-order valence-corrected chi connectivity index (χ3v) is 8.19. The Hall–Kier alpha value is -1.88. The van der Waals surface area contributed by atoms with Crippen LogP contribution in [0.3, 0.4) is 0 Å². The quantitative estimate of drug-likeness (QED) is 0.701. The number of pyridine rings is 1. The molecule has 2 aliphatic carbocycles. The first-order chi connectivity index (χ1) is 13.1. The predicted octanol–water partition coefficient (Wildman–Crippen LogP) is 2.68. The molecule has 8 nitrogen and oxygen atoms in total. The number of aliphatic hydroxyl groups is 1. The number of rotatable bonds is 3. The molecule has 2 heterocycles. The third-order valence-electron chi connectivity index (χ3n) is 5.00. The number of hydrogen-bond acceptors (Lipinski definition) is 6. The number of aryl methyl sites for hydroxylation is 2. The second kappa shape index (κ2) is 6.87. The SMILES string of the molecule is CC(C)(O)c1ncc([S@](N)(=O)=NC(=O)Nc2c3c(nc4c2CCC4)CCC3)s1. The van der Waals surface area contributed by atoms with Gasteiger partial charge in [0.1, 0.15) is 14.8 Å². The standard InChI is InChI=1S/C18H23N5O3S2/c1-18(2,25)16-20-9-14(27-16)28(19,26)23-17(24)22-15-10-5-3-7-12(10)21-13-8-4-6-11(13)15/h9,25H,3-8H2,1-2H3,(H3,19,21,22,23,24,26)/t28-/m1/s1. The van der Waals surface area contributed by atoms with Gasteiger partial charge < -0.3 is 10.4 Å². The minimum absolute atomic E-state index is 0.157. The van der Waals surface area contributed by atoms with Crippen LogP contribution in [0.25, 0.3) is 0 Å². The van der Waals surface area contributed by atoms with Crippen molar-refractivity contribution < 1.29 is 14.1 Å². The number of amides is 2. The van der Waals surface area contributed by atoms with Gasteiger partial charge in [0.25, 0.3) is 0 Å². The number of carbonyl (C=O) groups excluding carboxylic acids is 1. The molecule has 2 aromatic rings. The number of carbonyl (C=O) groups is 1. The van der Waals surface area contributed by atoms with Gasteiger partial charge in [-0.05, 0) is 63.5 Å². The number of hydrogen-bond donors (Lipinski definition) is 3. The molecule has 1 atom stereocenters. The molecule has 0 radical (unpaired) electrons. The maximum absolute atomic E-state index is 12.8. The molecule has 0 saturated carbocycles. The Morgan fingerprint density at radius 1 is 1.25 bits per heavy atom. The van der Waals surface area contributed by atoms with Crippen LogP contribution in [0, 0.1) is 0 Å². The summed E-state index contributed by atoms with van der Waals surface area (Å²) in [5.74, 6) is 0. The van der Waals surface area contributed by atoms with Gasteiger partial charge in [-0.2, -0.15) is 0 Å². The molecule has 10 heteroatoms. The summed E-state index contributed by atoms with van der Waals surface area (Å²) < 4.78 is 16.7. The van der Waals surface area contributed by atoms with Crippen LogP contribution in [0.2, 0.25) is 0 Å². The maximum Gasteiger partial charge on any atom is 0.354 e. The van der Waals surface area contributed by atoms with Gasteiger partial charge >= 0.3 is 6.03 Å². The van der Waals surface area contributed by atoms with Gasteiger partial charge in [0.15, 0.2) is 9.92 Å². The molecule has 0 saturated heterocycles. The summed E-state index contributed by atoms with van der Waals surface area (Å²) in [6.45, 7) is 3.14. The molecule has 28 heavy (non-hydrogen) atoms. The van der Waals surface area contributed by atoms with Crippen molar-refractivity contribution in [2.45, 2.75) is 62.2 Å². The summed E-state index contributed by atoms with van der Waals surface area (Å²) >= 11 is 0.990. The molecule has 0 bridgehead atoms. The van der Waals surface area contributed by atoms with E-state index in [1.807, 2.05) is 0 Å². The second-order valence-corrected chi connectivity index (χ2v) is 10.7. The van der Waals surface area contributed by atoms with E-state index in [0.717, 1.165) is 78.1 Å². The van der Waals surface area contributed by atoms with Crippen molar-refractivity contribution in [2.75, 3.05) is 5.32 Å². The highest BCUT2D eigenvalue weighted by atomic mass is 32.2. The summed E-state index contributed by atoms with van der Waals surface area (Å²) in [5, 5.41) is 19.1. The number of nitrogens with one attached hydrogen (secondary N) is 1. The van der Waals surface area contributed by atoms with Crippen LogP contribution in [0.1, 0.15) is 54.2 Å². The third kappa shape index (κ3) is 3.57. The fraction of sp³-hybridized carbons (Fsp3) is 0.500. The summed E-state index contributed by atoms with van der Waals surface area (Å²) in [6, 6.07) is -0.736. The van der Waals surface area contributed by atoms with Crippen molar-refractivity contribution in [3.63, 3.8) is 0 Å². The van der Waals surface area contributed by atoms with Crippen LogP contribution in [0.15, 0.2) is 14.8 Å². The van der Waals surface area contributed by atoms with Gasteiger partial charge in [-0.25, -0.2) is 19.1 Å². The van der Waals surface area contributed by atoms with Crippen molar-refractivity contribution in [2.24, 2.45) is 9.50 Å². The number of nitrogens with zero attached hydrogens (tertiary/aromatic N) is 3. The highest BCUT2D eigenvalue weighted by Gasteiger charge is 2.27. The Balaban J connectivity index is 1.65. The van der Waals surface area contributed by atoms with Crippen molar-refractivity contribution in [3.8, 4) is 0 Å². The predicted molar refractivity (Wildman–Crippen MR) is 108 cm³/mol. The number of aromatic nitrogens is 2. The smallest absolute Gasteiger partial charge is 0.354 e. The lowest BCUT2D eigenvalue weighted by Gasteiger charge is -2.14. The monoisotopic (exact) mass is 421 g/mol. The van der Waals surface area contributed by atoms with E-state index >= 15 is 0 Å². The minimum Gasteiger partial charge on any atom is -0.383 e. The fourth-order valence-electron chi connectivity index (χ4n) is 3.71. The number of urea groups is 1. The second-order valence-electron chi connectivity index (χ2n) is 7.68. The Kier molecular flexibility index (Phi) is 4.77. The van der Waals surface area contributed by atoms with E-state index < -0.39 is 21.5 Å². The summed E-state index contributed by atoms with van der Waals surface area (Å²) in [7, 11) is -3.45. The molecule has 4 rings (SSSR count). The lowest BCUT2D eigenvalue weighted by molar-refractivity contribution is 0.0783. The number of nitrogens with two attached hydrogens (primary N) is 1. The van der Waals surface area contributed by atoms with E-state index in [-0.39, 0.29) is 4.21 Å². The van der Waals surface area contributed by atoms with Crippen LogP contribution < -0.4 is 10.5 Å². The van der Waals surface area contributed by atoms with E-state index in [2.05, 4.69) is 14.7 Å². The highest BCUT2D eigenvalue weighted by Crippen LogP contribution is 2.36. The van der Waals surface area contributed by atoms with Crippen molar-refractivity contribution in [1.82, 2.24) is 9.97 Å². The average molecular weight is 422 g/mol. The van der Waals surface area contributed by atoms with E-state index in [0.29, 0.717) is 5.01 Å². The van der Waals surface area contributed by atoms with E-state index in [9.17, 15) is 14.1 Å². The zero-order valence-electron chi connectivity index (χ0n) is 15.8. The molecule has 2 aliphatic rings. The molecular formula is C18H23N5O3S2. The molecule has 2 aromatic heterocycles. The minimum atomic E-state index is -3.45. The zero-order chi connectivity index (χ0) is 20.1. The van der Waals surface area contributed by atoms with Gasteiger partial charge in [-0.15, -0.1) is 15.7 Å². The zero-order valence-corrected chi connectivity index (χ0v) is 17.5. The molecule has 0 aliphatic heterocycles. The van der Waals surface area contributed by atoms with Gasteiger partial charge in [0, 0.05) is 11.4 Å². The Bertz CT molecular complexity index is 1050. The summed E-state index contributed by atoms with van der Waals surface area (Å²) in [4.78, 5) is 21.4. The van der Waals surface area contributed by atoms with E-state index in [4.69, 9.17) is 10.1 Å². The molecule has 2 amide bonds. The molecule has 0 unspecified atom stereocenters. The largest absolute Gasteiger partial charge is 0.383 e. The first-order valence-corrected chi connectivity index (χ1v) is 11.6. The Morgan fingerprint density at radius 3 is 2.39 bits per heavy atom. The normalized spacial score (nSPS) is 17.7. The topological polar surface area (TPSA) is 131 Å². The van der Waals surface area contributed by atoms with Crippen molar-refractivity contribution in [3.05, 3.63) is 33.7 Å². The van der Waals surface area contributed by atoms with Gasteiger partial charge in [0.2, 0.25) is 0 Å². The van der Waals surface area contributed by atoms with Gasteiger partial charge in [0.05, 0.1) is 11.9 Å². The maximum atomic E-state index is 12.8. The number of fused-ring (bicyclic) bond motifs is 2. The molecule has 0 aromatic carbocycles. The Morgan fingerprint density at radius 2 is 1.86 bits per heavy atom. The molecular weight excluding hydrogens is 398 g/mol. The van der Waals surface area contributed by atoms with Crippen LogP contribution in [-0.4, -0.2) is 25.3 Å².